The smallest absolute Gasteiger partial charge is 0.332 e. The van der Waals surface area contributed by atoms with E-state index in [0.717, 1.165) is 10.5 Å². The number of nitrogens with one attached hydrogen (secondary N) is 1. The molecular weight excluding hydrogens is 406 g/mol. The lowest BCUT2D eigenvalue weighted by Gasteiger charge is -2.22. The highest BCUT2D eigenvalue weighted by molar-refractivity contribution is 6.22. The maximum Gasteiger partial charge on any atom is 0.332 e. The molecule has 0 aromatic heterocycles. The van der Waals surface area contributed by atoms with Crippen LogP contribution in [-0.4, -0.2) is 35.9 Å². The van der Waals surface area contributed by atoms with Crippen LogP contribution in [0.3, 0.4) is 0 Å². The number of hydrogen-bond donors (Lipinski definition) is 1. The minimum atomic E-state index is -0.909. The third-order valence-electron chi connectivity index (χ3n) is 5.28. The summed E-state index contributed by atoms with van der Waals surface area (Å²) in [6.45, 7) is 0.196. The molecule has 0 saturated carbocycles. The average molecular weight is 429 g/mol. The number of hydrogen-bond acceptors (Lipinski definition) is 4. The van der Waals surface area contributed by atoms with Crippen LogP contribution in [0.2, 0.25) is 0 Å². The Labute approximate surface area is 186 Å². The number of amides is 4. The molecule has 1 N–H and O–H groups in total. The van der Waals surface area contributed by atoms with Crippen LogP contribution in [-0.2, 0) is 16.1 Å². The van der Waals surface area contributed by atoms with E-state index in [-0.39, 0.29) is 18.9 Å². The second-order valence-electron chi connectivity index (χ2n) is 7.40. The number of rotatable bonds is 7. The van der Waals surface area contributed by atoms with E-state index in [2.05, 4.69) is 5.32 Å². The first-order valence-corrected chi connectivity index (χ1v) is 10.2. The van der Waals surface area contributed by atoms with Gasteiger partial charge in [0.25, 0.3) is 5.91 Å². The second-order valence-corrected chi connectivity index (χ2v) is 7.40. The molecule has 0 unspecified atom stereocenters. The van der Waals surface area contributed by atoms with Crippen LogP contribution >= 0.6 is 0 Å². The van der Waals surface area contributed by atoms with Crippen molar-refractivity contribution in [2.24, 2.45) is 0 Å². The van der Waals surface area contributed by atoms with Crippen LogP contribution in [0.25, 0.3) is 0 Å². The number of urea groups is 1. The zero-order chi connectivity index (χ0) is 22.5. The fourth-order valence-corrected chi connectivity index (χ4v) is 3.67. The predicted molar refractivity (Wildman–Crippen MR) is 121 cm³/mol. The molecule has 3 aromatic rings. The fraction of sp³-hybridized carbons (Fsp3) is 0.160. The summed E-state index contributed by atoms with van der Waals surface area (Å²) in [4.78, 5) is 41.8. The summed E-state index contributed by atoms with van der Waals surface area (Å²) >= 11 is 0. The van der Waals surface area contributed by atoms with E-state index in [1.165, 1.54) is 4.90 Å². The molecular formula is C25H23N3O4. The Kier molecular flexibility index (Phi) is 6.17. The number of benzene rings is 3. The van der Waals surface area contributed by atoms with Gasteiger partial charge in [0.05, 0.1) is 19.2 Å². The first-order chi connectivity index (χ1) is 15.6. The fourth-order valence-electron chi connectivity index (χ4n) is 3.67. The van der Waals surface area contributed by atoms with Gasteiger partial charge in [-0.3, -0.25) is 9.59 Å². The third-order valence-corrected chi connectivity index (χ3v) is 5.28. The van der Waals surface area contributed by atoms with Crippen molar-refractivity contribution in [3.05, 3.63) is 90.5 Å². The standard InChI is InChI=1S/C25H23N3O4/c1-32-21-14-12-18(13-15-21)17-27-22(16-23(29)26-19-8-4-2-5-9-19)24(30)28(25(27)31)20-10-6-3-7-11-20/h2-15,22H,16-17H2,1H3,(H,26,29)/t22-/m1/s1. The van der Waals surface area contributed by atoms with Gasteiger partial charge in [0.15, 0.2) is 0 Å². The molecule has 0 spiro atoms. The summed E-state index contributed by atoms with van der Waals surface area (Å²) in [6, 6.07) is 23.7. The van der Waals surface area contributed by atoms with Crippen LogP contribution in [0.5, 0.6) is 5.75 Å². The monoisotopic (exact) mass is 429 g/mol. The third kappa shape index (κ3) is 4.46. The van der Waals surface area contributed by atoms with Crippen molar-refractivity contribution in [2.45, 2.75) is 19.0 Å². The lowest BCUT2D eigenvalue weighted by atomic mass is 10.1. The molecule has 1 fully saturated rings. The van der Waals surface area contributed by atoms with E-state index in [1.54, 1.807) is 55.6 Å². The van der Waals surface area contributed by atoms with E-state index < -0.39 is 18.0 Å². The number of para-hydroxylation sites is 2. The molecule has 1 aliphatic heterocycles. The Hall–Kier alpha value is -4.13. The molecule has 1 atom stereocenters. The summed E-state index contributed by atoms with van der Waals surface area (Å²) < 4.78 is 5.19. The summed E-state index contributed by atoms with van der Waals surface area (Å²) in [5.74, 6) is -0.0582. The van der Waals surface area contributed by atoms with E-state index in [4.69, 9.17) is 4.74 Å². The molecule has 1 heterocycles. The van der Waals surface area contributed by atoms with Gasteiger partial charge in [0, 0.05) is 12.2 Å². The molecule has 0 aliphatic carbocycles. The average Bonchev–Trinajstić information content (AvgIpc) is 3.04. The van der Waals surface area contributed by atoms with E-state index in [1.807, 2.05) is 36.4 Å². The summed E-state index contributed by atoms with van der Waals surface area (Å²) in [5, 5.41) is 2.79. The van der Waals surface area contributed by atoms with Crippen molar-refractivity contribution in [3.8, 4) is 5.75 Å². The minimum Gasteiger partial charge on any atom is -0.497 e. The van der Waals surface area contributed by atoms with Gasteiger partial charge >= 0.3 is 6.03 Å². The van der Waals surface area contributed by atoms with Crippen molar-refractivity contribution in [1.29, 1.82) is 0 Å². The predicted octanol–water partition coefficient (Wildman–Crippen LogP) is 4.06. The normalized spacial score (nSPS) is 15.7. The number of imide groups is 1. The lowest BCUT2D eigenvalue weighted by molar-refractivity contribution is -0.124. The number of ether oxygens (including phenoxy) is 1. The molecule has 32 heavy (non-hydrogen) atoms. The van der Waals surface area contributed by atoms with Gasteiger partial charge in [-0.15, -0.1) is 0 Å². The second kappa shape index (κ2) is 9.34. The summed E-state index contributed by atoms with van der Waals surface area (Å²) in [6.07, 6.45) is -0.140. The highest BCUT2D eigenvalue weighted by Gasteiger charge is 2.46. The Morgan fingerprint density at radius 1 is 0.906 bits per heavy atom. The largest absolute Gasteiger partial charge is 0.497 e. The first kappa shape index (κ1) is 21.1. The summed E-state index contributed by atoms with van der Waals surface area (Å²) in [7, 11) is 1.58. The molecule has 162 valence electrons. The Balaban J connectivity index is 1.59. The van der Waals surface area contributed by atoms with Gasteiger partial charge < -0.3 is 15.0 Å². The number of anilines is 2. The lowest BCUT2D eigenvalue weighted by Crippen LogP contribution is -2.37. The van der Waals surface area contributed by atoms with Crippen molar-refractivity contribution < 1.29 is 19.1 Å². The van der Waals surface area contributed by atoms with Crippen LogP contribution in [0.4, 0.5) is 16.2 Å². The van der Waals surface area contributed by atoms with Gasteiger partial charge in [-0.05, 0) is 42.0 Å². The van der Waals surface area contributed by atoms with Gasteiger partial charge in [-0.2, -0.15) is 0 Å². The quantitative estimate of drug-likeness (QED) is 0.575. The molecule has 1 aliphatic rings. The molecule has 1 saturated heterocycles. The van der Waals surface area contributed by atoms with Crippen LogP contribution < -0.4 is 15.0 Å². The van der Waals surface area contributed by atoms with E-state index >= 15 is 0 Å². The van der Waals surface area contributed by atoms with E-state index in [0.29, 0.717) is 17.1 Å². The van der Waals surface area contributed by atoms with E-state index in [9.17, 15) is 14.4 Å². The number of carbonyl (C=O) groups is 3. The van der Waals surface area contributed by atoms with Gasteiger partial charge in [-0.1, -0.05) is 48.5 Å². The Morgan fingerprint density at radius 3 is 2.16 bits per heavy atom. The SMILES string of the molecule is COc1ccc(CN2C(=O)N(c3ccccc3)C(=O)[C@H]2CC(=O)Nc2ccccc2)cc1. The molecule has 4 amide bonds. The Bertz CT molecular complexity index is 1100. The van der Waals surface area contributed by atoms with Crippen LogP contribution in [0, 0.1) is 0 Å². The van der Waals surface area contributed by atoms with Crippen molar-refractivity contribution in [3.63, 3.8) is 0 Å². The first-order valence-electron chi connectivity index (χ1n) is 10.2. The maximum atomic E-state index is 13.3. The minimum absolute atomic E-state index is 0.140. The van der Waals surface area contributed by atoms with Crippen molar-refractivity contribution >= 4 is 29.2 Å². The molecule has 4 rings (SSSR count). The number of methoxy groups -OCH3 is 1. The Morgan fingerprint density at radius 2 is 1.53 bits per heavy atom. The van der Waals surface area contributed by atoms with Crippen molar-refractivity contribution in [1.82, 2.24) is 4.90 Å². The van der Waals surface area contributed by atoms with Gasteiger partial charge in [0.1, 0.15) is 11.8 Å². The van der Waals surface area contributed by atoms with Crippen molar-refractivity contribution in [2.75, 3.05) is 17.3 Å². The zero-order valence-corrected chi connectivity index (χ0v) is 17.6. The number of nitrogens with zero attached hydrogens (tertiary/aromatic N) is 2. The summed E-state index contributed by atoms with van der Waals surface area (Å²) in [5.41, 5.74) is 1.94. The molecule has 0 bridgehead atoms. The molecule has 3 aromatic carbocycles. The van der Waals surface area contributed by atoms with Crippen LogP contribution in [0.15, 0.2) is 84.9 Å². The molecule has 7 nitrogen and oxygen atoms in total. The molecule has 7 heteroatoms. The van der Waals surface area contributed by atoms with Gasteiger partial charge in [0.2, 0.25) is 5.91 Å². The maximum absolute atomic E-state index is 13.3. The zero-order valence-electron chi connectivity index (χ0n) is 17.6. The molecule has 0 radical (unpaired) electrons. The highest BCUT2D eigenvalue weighted by atomic mass is 16.5. The van der Waals surface area contributed by atoms with Crippen LogP contribution in [0.1, 0.15) is 12.0 Å². The van der Waals surface area contributed by atoms with Gasteiger partial charge in [-0.25, -0.2) is 9.69 Å². The number of carbonyl (C=O) groups excluding carboxylic acids is 3. The highest BCUT2D eigenvalue weighted by Crippen LogP contribution is 2.28. The topological polar surface area (TPSA) is 79.0 Å².